The zero-order chi connectivity index (χ0) is 23.3. The number of nitrogens with one attached hydrogen (secondary N) is 1. The fraction of sp³-hybridized carbons (Fsp3) is 0.409. The fourth-order valence-electron chi connectivity index (χ4n) is 4.28. The lowest BCUT2D eigenvalue weighted by atomic mass is 9.89. The second-order valence-corrected chi connectivity index (χ2v) is 10.3. The Hall–Kier alpha value is -2.92. The number of fused-ring (bicyclic) bond motifs is 1. The van der Waals surface area contributed by atoms with Gasteiger partial charge in [-0.25, -0.2) is 0 Å². The van der Waals surface area contributed by atoms with Crippen LogP contribution >= 0.6 is 0 Å². The molecule has 1 saturated heterocycles. The van der Waals surface area contributed by atoms with Gasteiger partial charge < -0.3 is 15.2 Å². The van der Waals surface area contributed by atoms with Crippen LogP contribution in [0.25, 0.3) is 22.3 Å². The molecule has 0 atom stereocenters. The largest absolute Gasteiger partial charge is 0.435 e. The van der Waals surface area contributed by atoms with Crippen LogP contribution in [0.15, 0.2) is 36.5 Å². The molecule has 0 radical (unpaired) electrons. The van der Waals surface area contributed by atoms with E-state index in [1.807, 2.05) is 6.92 Å². The molecular formula is C22H22F2N4O4S. The van der Waals surface area contributed by atoms with E-state index in [9.17, 15) is 22.9 Å². The fourth-order valence-corrected chi connectivity index (χ4v) is 5.76. The van der Waals surface area contributed by atoms with Crippen molar-refractivity contribution in [3.8, 4) is 17.0 Å². The van der Waals surface area contributed by atoms with E-state index >= 15 is 0 Å². The molecule has 0 bridgehead atoms. The second kappa shape index (κ2) is 8.14. The number of ether oxygens (including phenoxy) is 1. The Morgan fingerprint density at radius 3 is 2.76 bits per heavy atom. The molecule has 2 fully saturated rings. The van der Waals surface area contributed by atoms with E-state index in [2.05, 4.69) is 20.1 Å². The Kier molecular flexibility index (Phi) is 5.40. The molecule has 11 heteroatoms. The van der Waals surface area contributed by atoms with E-state index in [1.165, 1.54) is 18.3 Å². The highest BCUT2D eigenvalue weighted by atomic mass is 32.2. The number of nitrogens with zero attached hydrogens (tertiary/aromatic N) is 3. The zero-order valence-electron chi connectivity index (χ0n) is 17.7. The smallest absolute Gasteiger partial charge is 0.387 e. The molecule has 2 aromatic heterocycles. The standard InChI is InChI=1S/C22H22F2N4O4S/c1-22(10-33(31)11-22)26-20(30)13-6-17-19(25-9-13)18(27-28(17)14-7-15(29)8-14)12-3-2-4-16(5-12)32-21(23)24/h2-6,9,14-15,21,29H,7-8,10-11H2,1H3,(H,26,30). The van der Waals surface area contributed by atoms with Crippen molar-refractivity contribution in [3.05, 3.63) is 42.1 Å². The van der Waals surface area contributed by atoms with Gasteiger partial charge in [-0.05, 0) is 38.0 Å². The molecule has 1 amide bonds. The molecular weight excluding hydrogens is 454 g/mol. The number of amides is 1. The summed E-state index contributed by atoms with van der Waals surface area (Å²) in [5, 5.41) is 17.4. The molecule has 174 valence electrons. The van der Waals surface area contributed by atoms with Gasteiger partial charge in [-0.1, -0.05) is 12.1 Å². The number of aliphatic hydroxyl groups is 1. The Morgan fingerprint density at radius 1 is 1.33 bits per heavy atom. The predicted octanol–water partition coefficient (Wildman–Crippen LogP) is 2.65. The average molecular weight is 477 g/mol. The molecule has 1 aromatic carbocycles. The number of benzene rings is 1. The van der Waals surface area contributed by atoms with Gasteiger partial charge in [0.15, 0.2) is 0 Å². The van der Waals surface area contributed by atoms with Gasteiger partial charge in [-0.3, -0.25) is 18.7 Å². The Balaban J connectivity index is 1.53. The number of rotatable bonds is 6. The third kappa shape index (κ3) is 4.22. The van der Waals surface area contributed by atoms with E-state index in [-0.39, 0.29) is 17.7 Å². The maximum Gasteiger partial charge on any atom is 0.387 e. The molecule has 5 rings (SSSR count). The summed E-state index contributed by atoms with van der Waals surface area (Å²) in [5.74, 6) is 0.506. The minimum atomic E-state index is -2.94. The maximum absolute atomic E-state index is 12.8. The number of aromatic nitrogens is 3. The first-order valence-electron chi connectivity index (χ1n) is 10.5. The molecule has 1 saturated carbocycles. The number of hydrogen-bond donors (Lipinski definition) is 2. The van der Waals surface area contributed by atoms with E-state index < -0.39 is 29.1 Å². The number of hydrogen-bond acceptors (Lipinski definition) is 6. The average Bonchev–Trinajstić information content (AvgIpc) is 3.08. The normalized spacial score (nSPS) is 26.6. The van der Waals surface area contributed by atoms with Gasteiger partial charge >= 0.3 is 6.61 Å². The van der Waals surface area contributed by atoms with Crippen molar-refractivity contribution in [1.82, 2.24) is 20.1 Å². The molecule has 2 aliphatic rings. The van der Waals surface area contributed by atoms with Gasteiger partial charge in [-0.2, -0.15) is 13.9 Å². The number of carbonyl (C=O) groups excluding carboxylic acids is 1. The summed E-state index contributed by atoms with van der Waals surface area (Å²) in [4.78, 5) is 17.3. The number of halogens is 2. The second-order valence-electron chi connectivity index (χ2n) is 8.81. The van der Waals surface area contributed by atoms with Gasteiger partial charge in [0.05, 0.1) is 28.8 Å². The van der Waals surface area contributed by atoms with Crippen molar-refractivity contribution in [1.29, 1.82) is 0 Å². The molecule has 33 heavy (non-hydrogen) atoms. The molecule has 1 aliphatic heterocycles. The third-order valence-electron chi connectivity index (χ3n) is 5.95. The van der Waals surface area contributed by atoms with E-state index in [0.717, 1.165) is 0 Å². The summed E-state index contributed by atoms with van der Waals surface area (Å²) in [6, 6.07) is 7.84. The molecule has 2 N–H and O–H groups in total. The first-order chi connectivity index (χ1) is 15.7. The van der Waals surface area contributed by atoms with Gasteiger partial charge in [0.1, 0.15) is 17.0 Å². The van der Waals surface area contributed by atoms with E-state index in [4.69, 9.17) is 0 Å². The topological polar surface area (TPSA) is 106 Å². The summed E-state index contributed by atoms with van der Waals surface area (Å²) in [6.07, 6.45) is 2.07. The molecule has 1 aliphatic carbocycles. The molecule has 8 nitrogen and oxygen atoms in total. The highest BCUT2D eigenvalue weighted by Crippen LogP contribution is 2.37. The summed E-state index contributed by atoms with van der Waals surface area (Å²) >= 11 is 0. The summed E-state index contributed by atoms with van der Waals surface area (Å²) < 4.78 is 43.1. The van der Waals surface area contributed by atoms with Crippen LogP contribution in [0, 0.1) is 0 Å². The van der Waals surface area contributed by atoms with Gasteiger partial charge in [0.25, 0.3) is 5.91 Å². The molecule has 0 unspecified atom stereocenters. The van der Waals surface area contributed by atoms with Crippen molar-refractivity contribution in [3.63, 3.8) is 0 Å². The van der Waals surface area contributed by atoms with Crippen LogP contribution in [0.2, 0.25) is 0 Å². The zero-order valence-corrected chi connectivity index (χ0v) is 18.5. The van der Waals surface area contributed by atoms with Crippen LogP contribution in [0.5, 0.6) is 5.75 Å². The summed E-state index contributed by atoms with van der Waals surface area (Å²) in [7, 11) is -0.913. The highest BCUT2D eigenvalue weighted by molar-refractivity contribution is 7.86. The van der Waals surface area contributed by atoms with Crippen molar-refractivity contribution < 1.29 is 27.6 Å². The molecule has 3 heterocycles. The van der Waals surface area contributed by atoms with Crippen LogP contribution < -0.4 is 10.1 Å². The number of alkyl halides is 2. The van der Waals surface area contributed by atoms with Crippen LogP contribution in [-0.4, -0.2) is 59.7 Å². The SMILES string of the molecule is CC1(NC(=O)c2cnc3c(-c4cccc(OC(F)F)c4)nn(C4CC(O)C4)c3c2)CS(=O)C1. The first kappa shape index (κ1) is 21.9. The molecule has 0 spiro atoms. The number of carbonyl (C=O) groups is 1. The van der Waals surface area contributed by atoms with Crippen LogP contribution in [-0.2, 0) is 10.8 Å². The van der Waals surface area contributed by atoms with E-state index in [1.54, 1.807) is 22.9 Å². The highest BCUT2D eigenvalue weighted by Gasteiger charge is 2.40. The number of pyridine rings is 1. The van der Waals surface area contributed by atoms with Crippen molar-refractivity contribution in [2.75, 3.05) is 11.5 Å². The monoisotopic (exact) mass is 476 g/mol. The van der Waals surface area contributed by atoms with Crippen molar-refractivity contribution in [2.45, 2.75) is 44.1 Å². The van der Waals surface area contributed by atoms with Crippen molar-refractivity contribution >= 4 is 27.7 Å². The van der Waals surface area contributed by atoms with E-state index in [0.29, 0.717) is 52.2 Å². The van der Waals surface area contributed by atoms with Crippen molar-refractivity contribution in [2.24, 2.45) is 0 Å². The predicted molar refractivity (Wildman–Crippen MR) is 118 cm³/mol. The Bertz CT molecular complexity index is 1250. The minimum absolute atomic E-state index is 0.00592. The first-order valence-corrected chi connectivity index (χ1v) is 12.0. The lowest BCUT2D eigenvalue weighted by molar-refractivity contribution is -0.0498. The summed E-state index contributed by atoms with van der Waals surface area (Å²) in [6.45, 7) is -1.09. The number of aliphatic hydroxyl groups excluding tert-OH is 1. The van der Waals surface area contributed by atoms with Crippen LogP contribution in [0.4, 0.5) is 8.78 Å². The van der Waals surface area contributed by atoms with Gasteiger partial charge in [0.2, 0.25) is 0 Å². The van der Waals surface area contributed by atoms with Gasteiger partial charge in [-0.15, -0.1) is 0 Å². The summed E-state index contributed by atoms with van der Waals surface area (Å²) in [5.41, 5.74) is 1.97. The lowest BCUT2D eigenvalue weighted by Crippen LogP contribution is -2.61. The molecule has 3 aromatic rings. The minimum Gasteiger partial charge on any atom is -0.435 e. The quantitative estimate of drug-likeness (QED) is 0.567. The van der Waals surface area contributed by atoms with Gasteiger partial charge in [0, 0.05) is 34.1 Å². The Morgan fingerprint density at radius 2 is 2.09 bits per heavy atom. The van der Waals surface area contributed by atoms with Crippen LogP contribution in [0.1, 0.15) is 36.2 Å². The van der Waals surface area contributed by atoms with Crippen LogP contribution in [0.3, 0.4) is 0 Å². The lowest BCUT2D eigenvalue weighted by Gasteiger charge is -2.37. The third-order valence-corrected chi connectivity index (χ3v) is 7.87. The Labute approximate surface area is 190 Å². The maximum atomic E-state index is 12.8.